The third-order valence-corrected chi connectivity index (χ3v) is 2.70. The highest BCUT2D eigenvalue weighted by Crippen LogP contribution is 2.29. The summed E-state index contributed by atoms with van der Waals surface area (Å²) in [6.07, 6.45) is -0.374. The van der Waals surface area contributed by atoms with Crippen LogP contribution in [0.5, 0.6) is 0 Å². The lowest BCUT2D eigenvalue weighted by Gasteiger charge is -2.34. The van der Waals surface area contributed by atoms with Crippen LogP contribution in [-0.4, -0.2) is 40.8 Å². The Balaban J connectivity index is 2.79. The molecule has 5 heteroatoms. The topological polar surface area (TPSA) is 38.8 Å². The van der Waals surface area contributed by atoms with Gasteiger partial charge in [-0.05, 0) is 34.6 Å². The van der Waals surface area contributed by atoms with Crippen molar-refractivity contribution in [2.75, 3.05) is 12.5 Å². The minimum atomic E-state index is -0.651. The summed E-state index contributed by atoms with van der Waals surface area (Å²) in [7, 11) is 0. The summed E-state index contributed by atoms with van der Waals surface area (Å²) >= 11 is 5.82. The van der Waals surface area contributed by atoms with Crippen molar-refractivity contribution in [1.29, 1.82) is 0 Å². The van der Waals surface area contributed by atoms with E-state index in [1.165, 1.54) is 0 Å². The highest BCUT2D eigenvalue weighted by Gasteiger charge is 2.45. The van der Waals surface area contributed by atoms with Crippen LogP contribution in [0.15, 0.2) is 0 Å². The summed E-state index contributed by atoms with van der Waals surface area (Å²) in [6.45, 7) is 9.64. The Hall–Kier alpha value is -0.480. The summed E-state index contributed by atoms with van der Waals surface area (Å²) in [6, 6.07) is -0.119. The standard InChI is InChI=1S/C11H20ClNO3/c1-10(2,3)16-9(14)13-8(6-12)7-15-11(13,4)5/h8H,6-7H2,1-5H3. The predicted molar refractivity (Wildman–Crippen MR) is 62.6 cm³/mol. The van der Waals surface area contributed by atoms with Crippen LogP contribution in [0.3, 0.4) is 0 Å². The fourth-order valence-electron chi connectivity index (χ4n) is 1.68. The van der Waals surface area contributed by atoms with E-state index < -0.39 is 11.3 Å². The van der Waals surface area contributed by atoms with Gasteiger partial charge in [-0.1, -0.05) is 0 Å². The molecule has 0 saturated carbocycles. The maximum atomic E-state index is 12.0. The van der Waals surface area contributed by atoms with Crippen LogP contribution in [0.25, 0.3) is 0 Å². The van der Waals surface area contributed by atoms with Crippen LogP contribution in [0.4, 0.5) is 4.79 Å². The van der Waals surface area contributed by atoms with Crippen molar-refractivity contribution < 1.29 is 14.3 Å². The van der Waals surface area contributed by atoms with Crippen molar-refractivity contribution in [1.82, 2.24) is 4.90 Å². The highest BCUT2D eigenvalue weighted by atomic mass is 35.5. The van der Waals surface area contributed by atoms with Gasteiger partial charge in [-0.25, -0.2) is 4.79 Å². The Morgan fingerprint density at radius 2 is 2.12 bits per heavy atom. The second-order valence-corrected chi connectivity index (χ2v) is 5.72. The number of amides is 1. The van der Waals surface area contributed by atoms with Gasteiger partial charge in [-0.15, -0.1) is 11.6 Å². The van der Waals surface area contributed by atoms with Crippen LogP contribution >= 0.6 is 11.6 Å². The van der Waals surface area contributed by atoms with Crippen LogP contribution in [-0.2, 0) is 9.47 Å². The number of carbonyl (C=O) groups is 1. The number of hydrogen-bond donors (Lipinski definition) is 0. The number of ether oxygens (including phenoxy) is 2. The highest BCUT2D eigenvalue weighted by molar-refractivity contribution is 6.18. The van der Waals surface area contributed by atoms with Gasteiger partial charge in [0.1, 0.15) is 11.3 Å². The second-order valence-electron chi connectivity index (χ2n) is 5.42. The molecule has 1 saturated heterocycles. The predicted octanol–water partition coefficient (Wildman–Crippen LogP) is 2.60. The molecule has 1 atom stereocenters. The molecule has 0 spiro atoms. The van der Waals surface area contributed by atoms with E-state index >= 15 is 0 Å². The molecule has 1 aliphatic rings. The van der Waals surface area contributed by atoms with Crippen molar-refractivity contribution in [2.24, 2.45) is 0 Å². The van der Waals surface area contributed by atoms with E-state index in [9.17, 15) is 4.79 Å². The lowest BCUT2D eigenvalue weighted by atomic mass is 10.2. The molecule has 1 amide bonds. The first-order valence-corrected chi connectivity index (χ1v) is 5.93. The quantitative estimate of drug-likeness (QED) is 0.671. The first-order chi connectivity index (χ1) is 7.17. The second kappa shape index (κ2) is 4.41. The number of rotatable bonds is 1. The summed E-state index contributed by atoms with van der Waals surface area (Å²) in [4.78, 5) is 13.6. The number of halogens is 1. The van der Waals surface area contributed by atoms with Gasteiger partial charge in [-0.3, -0.25) is 4.90 Å². The van der Waals surface area contributed by atoms with Crippen molar-refractivity contribution in [3.8, 4) is 0 Å². The molecule has 0 aromatic carbocycles. The van der Waals surface area contributed by atoms with Crippen LogP contribution in [0, 0.1) is 0 Å². The third kappa shape index (κ3) is 3.01. The summed E-state index contributed by atoms with van der Waals surface area (Å²) in [5.41, 5.74) is -1.16. The van der Waals surface area contributed by atoms with E-state index in [2.05, 4.69) is 0 Å². The van der Waals surface area contributed by atoms with E-state index in [0.29, 0.717) is 12.5 Å². The molecule has 1 rings (SSSR count). The molecule has 1 aliphatic heterocycles. The number of alkyl halides is 1. The summed E-state index contributed by atoms with van der Waals surface area (Å²) < 4.78 is 10.9. The Morgan fingerprint density at radius 1 is 1.56 bits per heavy atom. The molecule has 0 aliphatic carbocycles. The monoisotopic (exact) mass is 249 g/mol. The fourth-order valence-corrected chi connectivity index (χ4v) is 1.90. The van der Waals surface area contributed by atoms with E-state index in [0.717, 1.165) is 0 Å². The molecule has 1 heterocycles. The fraction of sp³-hybridized carbons (Fsp3) is 0.909. The molecule has 0 bridgehead atoms. The van der Waals surface area contributed by atoms with Gasteiger partial charge < -0.3 is 9.47 Å². The average Bonchev–Trinajstić information content (AvgIpc) is 2.37. The van der Waals surface area contributed by atoms with Gasteiger partial charge in [-0.2, -0.15) is 0 Å². The lowest BCUT2D eigenvalue weighted by Crippen LogP contribution is -2.50. The normalized spacial score (nSPS) is 24.6. The first kappa shape index (κ1) is 13.6. The minimum Gasteiger partial charge on any atom is -0.444 e. The molecule has 1 unspecified atom stereocenters. The Labute approximate surface area is 102 Å². The van der Waals surface area contributed by atoms with Gasteiger partial charge in [0.05, 0.1) is 12.6 Å². The van der Waals surface area contributed by atoms with E-state index in [4.69, 9.17) is 21.1 Å². The number of nitrogens with zero attached hydrogens (tertiary/aromatic N) is 1. The minimum absolute atomic E-state index is 0.119. The molecule has 1 fully saturated rings. The Bertz CT molecular complexity index is 273. The van der Waals surface area contributed by atoms with Crippen molar-refractivity contribution in [3.63, 3.8) is 0 Å². The van der Waals surface area contributed by atoms with E-state index in [-0.39, 0.29) is 12.1 Å². The molecule has 0 aromatic heterocycles. The zero-order valence-electron chi connectivity index (χ0n) is 10.5. The molecular formula is C11H20ClNO3. The Kier molecular flexibility index (Phi) is 3.75. The van der Waals surface area contributed by atoms with Gasteiger partial charge in [0.25, 0.3) is 0 Å². The molecule has 94 valence electrons. The zero-order valence-corrected chi connectivity index (χ0v) is 11.3. The third-order valence-electron chi connectivity index (χ3n) is 2.34. The molecule has 0 radical (unpaired) electrons. The van der Waals surface area contributed by atoms with Gasteiger partial charge in [0.2, 0.25) is 0 Å². The molecule has 0 aromatic rings. The first-order valence-electron chi connectivity index (χ1n) is 5.39. The number of hydrogen-bond acceptors (Lipinski definition) is 3. The van der Waals surface area contributed by atoms with Crippen LogP contribution < -0.4 is 0 Å². The largest absolute Gasteiger partial charge is 0.444 e. The molecule has 4 nitrogen and oxygen atoms in total. The van der Waals surface area contributed by atoms with Gasteiger partial charge in [0, 0.05) is 5.88 Å². The maximum absolute atomic E-state index is 12.0. The van der Waals surface area contributed by atoms with Gasteiger partial charge in [0.15, 0.2) is 0 Å². The lowest BCUT2D eigenvalue weighted by molar-refractivity contribution is -0.0617. The van der Waals surface area contributed by atoms with Crippen molar-refractivity contribution in [2.45, 2.75) is 52.0 Å². The summed E-state index contributed by atoms with van der Waals surface area (Å²) in [5, 5.41) is 0. The van der Waals surface area contributed by atoms with Gasteiger partial charge >= 0.3 is 6.09 Å². The van der Waals surface area contributed by atoms with E-state index in [1.54, 1.807) is 4.90 Å². The Morgan fingerprint density at radius 3 is 2.56 bits per heavy atom. The zero-order chi connectivity index (χ0) is 12.6. The smallest absolute Gasteiger partial charge is 0.412 e. The molecule has 16 heavy (non-hydrogen) atoms. The SMILES string of the molecule is CC(C)(C)OC(=O)N1C(CCl)COC1(C)C. The van der Waals surface area contributed by atoms with Crippen molar-refractivity contribution in [3.05, 3.63) is 0 Å². The summed E-state index contributed by atoms with van der Waals surface area (Å²) in [5.74, 6) is 0.350. The maximum Gasteiger partial charge on any atom is 0.412 e. The molecular weight excluding hydrogens is 230 g/mol. The number of carbonyl (C=O) groups excluding carboxylic acids is 1. The average molecular weight is 250 g/mol. The van der Waals surface area contributed by atoms with Crippen LogP contribution in [0.1, 0.15) is 34.6 Å². The molecule has 0 N–H and O–H groups in total. The van der Waals surface area contributed by atoms with Crippen LogP contribution in [0.2, 0.25) is 0 Å². The van der Waals surface area contributed by atoms with E-state index in [1.807, 2.05) is 34.6 Å². The van der Waals surface area contributed by atoms with Crippen molar-refractivity contribution >= 4 is 17.7 Å².